The smallest absolute Gasteiger partial charge is 0.0594 e. The molecule has 100 valence electrons. The van der Waals surface area contributed by atoms with Gasteiger partial charge in [-0.15, -0.1) is 0 Å². The van der Waals surface area contributed by atoms with Crippen molar-refractivity contribution in [2.75, 3.05) is 51.3 Å². The molecule has 1 aromatic rings. The Labute approximate surface area is 109 Å². The van der Waals surface area contributed by atoms with E-state index in [0.717, 1.165) is 39.4 Å². The molecule has 1 aliphatic rings. The van der Waals surface area contributed by atoms with E-state index < -0.39 is 0 Å². The molecule has 0 radical (unpaired) electrons. The van der Waals surface area contributed by atoms with Gasteiger partial charge in [0.15, 0.2) is 0 Å². The molecule has 0 saturated carbocycles. The minimum Gasteiger partial charge on any atom is -0.379 e. The number of morpholine rings is 1. The van der Waals surface area contributed by atoms with E-state index in [1.165, 1.54) is 11.3 Å². The zero-order valence-corrected chi connectivity index (χ0v) is 11.1. The molecule has 2 N–H and O–H groups in total. The Balaban J connectivity index is 1.80. The standard InChI is InChI=1S/C14H23N3O/c1-16(6-7-17-8-10-18-11-9-17)14-4-2-13(12-15)3-5-14/h2-5H,6-12,15H2,1H3. The summed E-state index contributed by atoms with van der Waals surface area (Å²) in [6, 6.07) is 8.48. The first-order chi connectivity index (χ1) is 8.79. The van der Waals surface area contributed by atoms with Crippen molar-refractivity contribution in [3.8, 4) is 0 Å². The molecule has 4 heteroatoms. The number of hydrogen-bond donors (Lipinski definition) is 1. The lowest BCUT2D eigenvalue weighted by Gasteiger charge is -2.29. The summed E-state index contributed by atoms with van der Waals surface area (Å²) in [6.07, 6.45) is 0. The third-order valence-corrected chi connectivity index (χ3v) is 3.47. The molecule has 18 heavy (non-hydrogen) atoms. The predicted octanol–water partition coefficient (Wildman–Crippen LogP) is 0.914. The molecule has 0 atom stereocenters. The molecule has 1 aliphatic heterocycles. The Morgan fingerprint density at radius 1 is 1.22 bits per heavy atom. The quantitative estimate of drug-likeness (QED) is 0.842. The van der Waals surface area contributed by atoms with Crippen molar-refractivity contribution < 1.29 is 4.74 Å². The molecule has 0 spiro atoms. The van der Waals surface area contributed by atoms with Crippen LogP contribution in [-0.4, -0.2) is 51.3 Å². The summed E-state index contributed by atoms with van der Waals surface area (Å²) in [4.78, 5) is 4.74. The molecular formula is C14H23N3O. The summed E-state index contributed by atoms with van der Waals surface area (Å²) in [7, 11) is 2.14. The minimum atomic E-state index is 0.609. The summed E-state index contributed by atoms with van der Waals surface area (Å²) < 4.78 is 5.35. The Morgan fingerprint density at radius 2 is 1.89 bits per heavy atom. The zero-order valence-electron chi connectivity index (χ0n) is 11.1. The third kappa shape index (κ3) is 3.70. The molecule has 1 fully saturated rings. The first kappa shape index (κ1) is 13.3. The van der Waals surface area contributed by atoms with Gasteiger partial charge in [-0.05, 0) is 17.7 Å². The average molecular weight is 249 g/mol. The van der Waals surface area contributed by atoms with Gasteiger partial charge in [-0.1, -0.05) is 12.1 Å². The van der Waals surface area contributed by atoms with E-state index >= 15 is 0 Å². The molecule has 1 saturated heterocycles. The van der Waals surface area contributed by atoms with Crippen LogP contribution in [0.2, 0.25) is 0 Å². The van der Waals surface area contributed by atoms with Crippen LogP contribution in [0.5, 0.6) is 0 Å². The second-order valence-corrected chi connectivity index (χ2v) is 4.75. The van der Waals surface area contributed by atoms with Crippen LogP contribution in [0.3, 0.4) is 0 Å². The molecule has 1 aromatic carbocycles. The fourth-order valence-electron chi connectivity index (χ4n) is 2.13. The zero-order chi connectivity index (χ0) is 12.8. The highest BCUT2D eigenvalue weighted by atomic mass is 16.5. The van der Waals surface area contributed by atoms with Crippen LogP contribution in [0, 0.1) is 0 Å². The molecule has 0 unspecified atom stereocenters. The molecule has 4 nitrogen and oxygen atoms in total. The maximum absolute atomic E-state index is 5.60. The summed E-state index contributed by atoms with van der Waals surface area (Å²) in [5.74, 6) is 0. The summed E-state index contributed by atoms with van der Waals surface area (Å²) in [5.41, 5.74) is 8.03. The maximum Gasteiger partial charge on any atom is 0.0594 e. The highest BCUT2D eigenvalue weighted by molar-refractivity contribution is 5.46. The van der Waals surface area contributed by atoms with Crippen molar-refractivity contribution in [2.45, 2.75) is 6.54 Å². The number of nitrogens with zero attached hydrogens (tertiary/aromatic N) is 2. The second kappa shape index (κ2) is 6.73. The van der Waals surface area contributed by atoms with Crippen LogP contribution in [0.25, 0.3) is 0 Å². The summed E-state index contributed by atoms with van der Waals surface area (Å²) in [6.45, 7) is 6.60. The molecule has 2 rings (SSSR count). The monoisotopic (exact) mass is 249 g/mol. The normalized spacial score (nSPS) is 16.8. The van der Waals surface area contributed by atoms with Crippen LogP contribution < -0.4 is 10.6 Å². The third-order valence-electron chi connectivity index (χ3n) is 3.47. The topological polar surface area (TPSA) is 41.7 Å². The number of hydrogen-bond acceptors (Lipinski definition) is 4. The Hall–Kier alpha value is -1.10. The van der Waals surface area contributed by atoms with Crippen molar-refractivity contribution >= 4 is 5.69 Å². The van der Waals surface area contributed by atoms with E-state index in [9.17, 15) is 0 Å². The van der Waals surface area contributed by atoms with Crippen molar-refractivity contribution in [3.63, 3.8) is 0 Å². The van der Waals surface area contributed by atoms with E-state index in [-0.39, 0.29) is 0 Å². The Bertz CT molecular complexity index is 347. The van der Waals surface area contributed by atoms with Gasteiger partial charge >= 0.3 is 0 Å². The van der Waals surface area contributed by atoms with Gasteiger partial charge in [-0.2, -0.15) is 0 Å². The van der Waals surface area contributed by atoms with E-state index in [1.54, 1.807) is 0 Å². The van der Waals surface area contributed by atoms with Gasteiger partial charge in [0.1, 0.15) is 0 Å². The van der Waals surface area contributed by atoms with E-state index in [2.05, 4.69) is 41.1 Å². The fourth-order valence-corrected chi connectivity index (χ4v) is 2.13. The SMILES string of the molecule is CN(CCN1CCOCC1)c1ccc(CN)cc1. The van der Waals surface area contributed by atoms with Crippen LogP contribution in [0.1, 0.15) is 5.56 Å². The van der Waals surface area contributed by atoms with Crippen LogP contribution >= 0.6 is 0 Å². The average Bonchev–Trinajstić information content (AvgIpc) is 2.46. The summed E-state index contributed by atoms with van der Waals surface area (Å²) >= 11 is 0. The van der Waals surface area contributed by atoms with Gasteiger partial charge in [-0.25, -0.2) is 0 Å². The molecule has 0 amide bonds. The second-order valence-electron chi connectivity index (χ2n) is 4.75. The molecule has 0 aliphatic carbocycles. The Morgan fingerprint density at radius 3 is 2.50 bits per heavy atom. The molecule has 0 bridgehead atoms. The number of ether oxygens (including phenoxy) is 1. The molecule has 0 aromatic heterocycles. The Kier molecular flexibility index (Phi) is 4.99. The summed E-state index contributed by atoms with van der Waals surface area (Å²) in [5, 5.41) is 0. The number of anilines is 1. The lowest BCUT2D eigenvalue weighted by Crippen LogP contribution is -2.40. The number of nitrogens with two attached hydrogens (primary N) is 1. The highest BCUT2D eigenvalue weighted by Crippen LogP contribution is 2.13. The van der Waals surface area contributed by atoms with Crippen LogP contribution in [0.15, 0.2) is 24.3 Å². The van der Waals surface area contributed by atoms with Crippen molar-refractivity contribution in [2.24, 2.45) is 5.73 Å². The van der Waals surface area contributed by atoms with Crippen molar-refractivity contribution in [3.05, 3.63) is 29.8 Å². The van der Waals surface area contributed by atoms with Crippen molar-refractivity contribution in [1.82, 2.24) is 4.90 Å². The largest absolute Gasteiger partial charge is 0.379 e. The number of benzene rings is 1. The minimum absolute atomic E-state index is 0.609. The van der Waals surface area contributed by atoms with Crippen LogP contribution in [-0.2, 0) is 11.3 Å². The van der Waals surface area contributed by atoms with E-state index in [1.807, 2.05) is 0 Å². The van der Waals surface area contributed by atoms with Gasteiger partial charge < -0.3 is 15.4 Å². The maximum atomic E-state index is 5.60. The number of rotatable bonds is 5. The van der Waals surface area contributed by atoms with Crippen LogP contribution in [0.4, 0.5) is 5.69 Å². The predicted molar refractivity (Wildman–Crippen MR) is 74.9 cm³/mol. The van der Waals surface area contributed by atoms with E-state index in [4.69, 9.17) is 10.5 Å². The first-order valence-electron chi connectivity index (χ1n) is 6.60. The lowest BCUT2D eigenvalue weighted by molar-refractivity contribution is 0.0393. The number of likely N-dealkylation sites (N-methyl/N-ethyl adjacent to an activating group) is 1. The molecule has 1 heterocycles. The van der Waals surface area contributed by atoms with Gasteiger partial charge in [0, 0.05) is 45.5 Å². The fraction of sp³-hybridized carbons (Fsp3) is 0.571. The van der Waals surface area contributed by atoms with Gasteiger partial charge in [0.25, 0.3) is 0 Å². The lowest BCUT2D eigenvalue weighted by atomic mass is 10.2. The molecular weight excluding hydrogens is 226 g/mol. The van der Waals surface area contributed by atoms with E-state index in [0.29, 0.717) is 6.54 Å². The highest BCUT2D eigenvalue weighted by Gasteiger charge is 2.10. The van der Waals surface area contributed by atoms with Gasteiger partial charge in [-0.3, -0.25) is 4.90 Å². The first-order valence-corrected chi connectivity index (χ1v) is 6.60. The van der Waals surface area contributed by atoms with Crippen molar-refractivity contribution in [1.29, 1.82) is 0 Å². The van der Waals surface area contributed by atoms with Gasteiger partial charge in [0.2, 0.25) is 0 Å². The van der Waals surface area contributed by atoms with Gasteiger partial charge in [0.05, 0.1) is 13.2 Å².